The van der Waals surface area contributed by atoms with Gasteiger partial charge in [0.2, 0.25) is 0 Å². The second-order valence-electron chi connectivity index (χ2n) is 10.8. The molecule has 2 amide bonds. The van der Waals surface area contributed by atoms with Crippen molar-refractivity contribution >= 4 is 35.3 Å². The van der Waals surface area contributed by atoms with E-state index in [0.29, 0.717) is 44.6 Å². The lowest BCUT2D eigenvalue weighted by Gasteiger charge is -2.41. The van der Waals surface area contributed by atoms with E-state index in [4.69, 9.17) is 0 Å². The van der Waals surface area contributed by atoms with Crippen molar-refractivity contribution in [3.05, 3.63) is 88.6 Å². The molecule has 0 saturated carbocycles. The van der Waals surface area contributed by atoms with Gasteiger partial charge in [-0.15, -0.1) is 0 Å². The zero-order valence-electron chi connectivity index (χ0n) is 23.7. The first-order valence-corrected chi connectivity index (χ1v) is 14.9. The summed E-state index contributed by atoms with van der Waals surface area (Å²) in [5.74, 6) is -2.43. The monoisotopic (exact) mass is 628 g/mol. The lowest BCUT2D eigenvalue weighted by atomic mass is 9.92. The van der Waals surface area contributed by atoms with Gasteiger partial charge in [0.25, 0.3) is 11.1 Å². The number of amides is 2. The van der Waals surface area contributed by atoms with Crippen LogP contribution in [0.4, 0.5) is 18.0 Å². The summed E-state index contributed by atoms with van der Waals surface area (Å²) in [6, 6.07) is 8.24. The fourth-order valence-electron chi connectivity index (χ4n) is 5.49. The number of hydrogen-bond donors (Lipinski definition) is 1. The van der Waals surface area contributed by atoms with Gasteiger partial charge in [-0.05, 0) is 54.4 Å². The quantitative estimate of drug-likeness (QED) is 0.239. The predicted octanol–water partition coefficient (Wildman–Crippen LogP) is 3.29. The average molecular weight is 629 g/mol. The van der Waals surface area contributed by atoms with Gasteiger partial charge in [-0.2, -0.15) is 5.10 Å². The van der Waals surface area contributed by atoms with Gasteiger partial charge >= 0.3 is 0 Å². The lowest BCUT2D eigenvalue weighted by molar-refractivity contribution is -0.122. The molecule has 0 aliphatic carbocycles. The minimum Gasteiger partial charge on any atom is -0.382 e. The van der Waals surface area contributed by atoms with Crippen molar-refractivity contribution in [3.8, 4) is 0 Å². The molecule has 2 atom stereocenters. The van der Waals surface area contributed by atoms with Gasteiger partial charge in [0.15, 0.2) is 0 Å². The van der Waals surface area contributed by atoms with Gasteiger partial charge < -0.3 is 9.90 Å². The predicted molar refractivity (Wildman–Crippen MR) is 156 cm³/mol. The first-order chi connectivity index (χ1) is 21.1. The molecule has 2 aliphatic rings. The molecule has 0 spiro atoms. The van der Waals surface area contributed by atoms with E-state index in [9.17, 15) is 32.7 Å². The molecule has 1 aromatic heterocycles. The third kappa shape index (κ3) is 7.44. The number of rotatable bonds is 12. The molecule has 3 heterocycles. The Morgan fingerprint density at radius 3 is 2.39 bits per heavy atom. The molecule has 0 radical (unpaired) electrons. The Bertz CT molecular complexity index is 1520. The molecule has 2 aromatic carbocycles. The summed E-state index contributed by atoms with van der Waals surface area (Å²) in [5.41, 5.74) is -1.17. The number of imide groups is 1. The molecule has 3 aromatic rings. The number of aldehydes is 1. The van der Waals surface area contributed by atoms with E-state index in [-0.39, 0.29) is 30.1 Å². The fraction of sp³-hybridized carbons (Fsp3) is 0.367. The van der Waals surface area contributed by atoms with Gasteiger partial charge in [0.1, 0.15) is 42.0 Å². The maximum atomic E-state index is 14.8. The molecule has 232 valence electrons. The summed E-state index contributed by atoms with van der Waals surface area (Å²) in [6.07, 6.45) is 5.97. The Hall–Kier alpha value is -3.85. The lowest BCUT2D eigenvalue weighted by Crippen LogP contribution is -2.54. The summed E-state index contributed by atoms with van der Waals surface area (Å²) in [5, 5.41) is 15.3. The number of halogens is 3. The van der Waals surface area contributed by atoms with E-state index < -0.39 is 40.2 Å². The third-order valence-electron chi connectivity index (χ3n) is 7.76. The van der Waals surface area contributed by atoms with Gasteiger partial charge in [-0.1, -0.05) is 18.2 Å². The topological polar surface area (TPSA) is 112 Å². The Morgan fingerprint density at radius 2 is 1.73 bits per heavy atom. The number of nitrogens with zero attached hydrogens (tertiary/aromatic N) is 6. The number of aliphatic hydroxyl groups is 1. The van der Waals surface area contributed by atoms with Crippen LogP contribution < -0.4 is 0 Å². The molecule has 2 fully saturated rings. The maximum absolute atomic E-state index is 14.8. The largest absolute Gasteiger partial charge is 0.382 e. The van der Waals surface area contributed by atoms with Crippen molar-refractivity contribution in [2.24, 2.45) is 0 Å². The second kappa shape index (κ2) is 13.8. The summed E-state index contributed by atoms with van der Waals surface area (Å²) >= 11 is 0.827. The molecule has 2 aliphatic heterocycles. The van der Waals surface area contributed by atoms with Crippen LogP contribution in [0, 0.1) is 17.5 Å². The fourth-order valence-corrected chi connectivity index (χ4v) is 6.36. The van der Waals surface area contributed by atoms with Crippen molar-refractivity contribution in [2.45, 2.75) is 31.0 Å². The van der Waals surface area contributed by atoms with E-state index in [1.165, 1.54) is 47.7 Å². The van der Waals surface area contributed by atoms with Crippen molar-refractivity contribution < 1.29 is 32.7 Å². The Balaban J connectivity index is 1.15. The van der Waals surface area contributed by atoms with Crippen LogP contribution in [0.2, 0.25) is 0 Å². The van der Waals surface area contributed by atoms with E-state index in [1.54, 1.807) is 6.08 Å². The molecule has 10 nitrogen and oxygen atoms in total. The van der Waals surface area contributed by atoms with Gasteiger partial charge in [-0.3, -0.25) is 24.3 Å². The maximum Gasteiger partial charge on any atom is 0.293 e. The minimum absolute atomic E-state index is 0.0413. The summed E-state index contributed by atoms with van der Waals surface area (Å²) in [4.78, 5) is 46.6. The number of aromatic nitrogens is 3. The van der Waals surface area contributed by atoms with Crippen molar-refractivity contribution in [2.75, 3.05) is 39.3 Å². The SMILES string of the molecule is O=CC(CCCN1C(=O)SC(=Cc2ccc(F)cc2)C1=O)N1CCN(CC(O)(Cn2cncn2)c2ccc(F)cc2F)CC1. The highest BCUT2D eigenvalue weighted by Crippen LogP contribution is 2.33. The molecule has 0 bridgehead atoms. The summed E-state index contributed by atoms with van der Waals surface area (Å²) in [7, 11) is 0. The number of β-amino-alcohol motifs (C(OH)–C–C–N with tert-alkyl or cyclic N) is 1. The number of carbonyl (C=O) groups excluding carboxylic acids is 3. The molecule has 5 rings (SSSR count). The zero-order valence-corrected chi connectivity index (χ0v) is 24.5. The van der Waals surface area contributed by atoms with Crippen LogP contribution in [0.25, 0.3) is 6.08 Å². The molecule has 1 N–H and O–H groups in total. The molecular formula is C30H31F3N6O4S. The van der Waals surface area contributed by atoms with E-state index in [2.05, 4.69) is 10.1 Å². The minimum atomic E-state index is -1.73. The first-order valence-electron chi connectivity index (χ1n) is 14.1. The Labute approximate surface area is 256 Å². The third-order valence-corrected chi connectivity index (χ3v) is 8.67. The van der Waals surface area contributed by atoms with Crippen LogP contribution in [-0.2, 0) is 21.7 Å². The van der Waals surface area contributed by atoms with Gasteiger partial charge in [0, 0.05) is 50.9 Å². The molecule has 2 saturated heterocycles. The standard InChI is InChI=1S/C30H31F3N6O4S/c31-22-5-3-21(4-6-22)14-27-28(41)39(29(42)44-27)9-1-2-24(16-40)37-12-10-36(11-13-37)17-30(43,18-38-20-34-19-35-38)25-8-7-23(32)15-26(25)33/h3-8,14-16,19-20,24,43H,1-2,9-13,17-18H2. The van der Waals surface area contributed by atoms with Crippen molar-refractivity contribution in [1.29, 1.82) is 0 Å². The zero-order chi connectivity index (χ0) is 31.3. The Morgan fingerprint density at radius 1 is 1.00 bits per heavy atom. The summed E-state index contributed by atoms with van der Waals surface area (Å²) < 4.78 is 43.0. The number of carbonyl (C=O) groups is 3. The van der Waals surface area contributed by atoms with Crippen LogP contribution in [-0.4, -0.2) is 97.3 Å². The van der Waals surface area contributed by atoms with Crippen LogP contribution in [0.15, 0.2) is 60.0 Å². The molecular weight excluding hydrogens is 597 g/mol. The van der Waals surface area contributed by atoms with Crippen LogP contribution in [0.3, 0.4) is 0 Å². The van der Waals surface area contributed by atoms with Crippen LogP contribution in [0.1, 0.15) is 24.0 Å². The highest BCUT2D eigenvalue weighted by molar-refractivity contribution is 8.18. The number of benzene rings is 2. The van der Waals surface area contributed by atoms with Crippen LogP contribution >= 0.6 is 11.8 Å². The number of thioether (sulfide) groups is 1. The van der Waals surface area contributed by atoms with E-state index in [1.807, 2.05) is 9.80 Å². The highest BCUT2D eigenvalue weighted by atomic mass is 32.2. The summed E-state index contributed by atoms with van der Waals surface area (Å²) in [6.45, 7) is 2.05. The number of hydrogen-bond acceptors (Lipinski definition) is 9. The normalized spacial score (nSPS) is 19.5. The molecule has 44 heavy (non-hydrogen) atoms. The first kappa shape index (κ1) is 31.6. The highest BCUT2D eigenvalue weighted by Gasteiger charge is 2.38. The van der Waals surface area contributed by atoms with Crippen molar-refractivity contribution in [3.63, 3.8) is 0 Å². The average Bonchev–Trinajstić information content (AvgIpc) is 3.59. The van der Waals surface area contributed by atoms with Crippen LogP contribution in [0.5, 0.6) is 0 Å². The smallest absolute Gasteiger partial charge is 0.293 e. The van der Waals surface area contributed by atoms with Gasteiger partial charge in [0.05, 0.1) is 17.5 Å². The second-order valence-corrected chi connectivity index (χ2v) is 11.8. The molecule has 14 heteroatoms. The van der Waals surface area contributed by atoms with E-state index >= 15 is 0 Å². The Kier molecular flexibility index (Phi) is 9.93. The number of piperazine rings is 1. The van der Waals surface area contributed by atoms with Crippen molar-refractivity contribution in [1.82, 2.24) is 29.5 Å². The molecule has 2 unspecified atom stereocenters. The van der Waals surface area contributed by atoms with Gasteiger partial charge in [-0.25, -0.2) is 22.8 Å². The van der Waals surface area contributed by atoms with E-state index in [0.717, 1.165) is 35.1 Å².